The van der Waals surface area contributed by atoms with Crippen molar-refractivity contribution in [3.8, 4) is 0 Å². The Morgan fingerprint density at radius 3 is 3.20 bits per heavy atom. The number of azide groups is 1. The van der Waals surface area contributed by atoms with Gasteiger partial charge in [0.25, 0.3) is 0 Å². The largest absolute Gasteiger partial charge is 0.0930 e. The highest BCUT2D eigenvalue weighted by Gasteiger charge is 2.06. The van der Waals surface area contributed by atoms with Gasteiger partial charge in [0.15, 0.2) is 0 Å². The second-order valence-electron chi connectivity index (χ2n) is 2.34. The van der Waals surface area contributed by atoms with Crippen molar-refractivity contribution in [2.45, 2.75) is 19.3 Å². The summed E-state index contributed by atoms with van der Waals surface area (Å²) in [6.45, 7) is 0.549. The third-order valence-electron chi connectivity index (χ3n) is 1.56. The first-order valence-electron chi connectivity index (χ1n) is 3.45. The first-order valence-corrected chi connectivity index (χ1v) is 3.45. The van der Waals surface area contributed by atoms with Crippen LogP contribution in [0.5, 0.6) is 0 Å². The summed E-state index contributed by atoms with van der Waals surface area (Å²) in [5.41, 5.74) is 8.02. The lowest BCUT2D eigenvalue weighted by Gasteiger charge is -2.11. The summed E-state index contributed by atoms with van der Waals surface area (Å²) in [6, 6.07) is 0. The van der Waals surface area contributed by atoms with Gasteiger partial charge in [-0.3, -0.25) is 0 Å². The van der Waals surface area contributed by atoms with Gasteiger partial charge in [0, 0.05) is 17.4 Å². The second-order valence-corrected chi connectivity index (χ2v) is 2.34. The fourth-order valence-corrected chi connectivity index (χ4v) is 1.03. The van der Waals surface area contributed by atoms with Crippen molar-refractivity contribution < 1.29 is 0 Å². The maximum absolute atomic E-state index is 8.02. The van der Waals surface area contributed by atoms with Crippen molar-refractivity contribution in [3.05, 3.63) is 28.5 Å². The number of allylic oxidation sites excluding steroid dienone is 1. The fraction of sp³-hybridized carbons (Fsp3) is 0.571. The van der Waals surface area contributed by atoms with Crippen molar-refractivity contribution in [1.29, 1.82) is 0 Å². The summed E-state index contributed by atoms with van der Waals surface area (Å²) in [6.07, 6.45) is 7.66. The Labute approximate surface area is 60.4 Å². The van der Waals surface area contributed by atoms with Gasteiger partial charge in [-0.2, -0.15) is 0 Å². The van der Waals surface area contributed by atoms with Gasteiger partial charge in [-0.25, -0.2) is 0 Å². The highest BCUT2D eigenvalue weighted by Crippen LogP contribution is 2.18. The molecule has 0 aromatic carbocycles. The normalized spacial score (nSPS) is 18.4. The quantitative estimate of drug-likeness (QED) is 0.318. The Morgan fingerprint density at radius 1 is 1.70 bits per heavy atom. The van der Waals surface area contributed by atoms with Crippen LogP contribution >= 0.6 is 0 Å². The molecule has 1 aliphatic rings. The molecular weight excluding hydrogens is 126 g/mol. The molecule has 0 aliphatic heterocycles. The van der Waals surface area contributed by atoms with E-state index >= 15 is 0 Å². The smallest absolute Gasteiger partial charge is 0.0357 e. The average Bonchev–Trinajstić information content (AvgIpc) is 2.03. The van der Waals surface area contributed by atoms with Crippen LogP contribution in [0.3, 0.4) is 0 Å². The Bertz CT molecular complexity index is 168. The Kier molecular flexibility index (Phi) is 2.84. The predicted octanol–water partition coefficient (Wildman–Crippen LogP) is 2.61. The van der Waals surface area contributed by atoms with Crippen LogP contribution in [0.4, 0.5) is 0 Å². The molecule has 1 aliphatic carbocycles. The molecule has 0 atom stereocenters. The fourth-order valence-electron chi connectivity index (χ4n) is 1.03. The summed E-state index contributed by atoms with van der Waals surface area (Å²) >= 11 is 0. The van der Waals surface area contributed by atoms with E-state index in [1.165, 1.54) is 18.8 Å². The number of hydrogen-bond acceptors (Lipinski definition) is 1. The van der Waals surface area contributed by atoms with E-state index in [1.54, 1.807) is 0 Å². The zero-order valence-corrected chi connectivity index (χ0v) is 5.82. The summed E-state index contributed by atoms with van der Waals surface area (Å²) in [7, 11) is 0. The molecule has 0 bridgehead atoms. The molecule has 0 aromatic heterocycles. The molecule has 1 radical (unpaired) electrons. The lowest BCUT2D eigenvalue weighted by atomic mass is 9.96. The molecule has 3 nitrogen and oxygen atoms in total. The second kappa shape index (κ2) is 3.96. The first-order chi connectivity index (χ1) is 4.93. The van der Waals surface area contributed by atoms with Crippen LogP contribution in [-0.4, -0.2) is 6.54 Å². The van der Waals surface area contributed by atoms with Crippen molar-refractivity contribution in [3.63, 3.8) is 0 Å². The van der Waals surface area contributed by atoms with E-state index in [-0.39, 0.29) is 0 Å². The zero-order chi connectivity index (χ0) is 7.23. The van der Waals surface area contributed by atoms with E-state index in [4.69, 9.17) is 5.53 Å². The van der Waals surface area contributed by atoms with Crippen molar-refractivity contribution in [2.24, 2.45) is 5.11 Å². The topological polar surface area (TPSA) is 48.8 Å². The summed E-state index contributed by atoms with van der Waals surface area (Å²) in [5.74, 6) is 1.25. The molecule has 53 valence electrons. The highest BCUT2D eigenvalue weighted by atomic mass is 15.1. The summed E-state index contributed by atoms with van der Waals surface area (Å²) < 4.78 is 0. The van der Waals surface area contributed by atoms with Gasteiger partial charge in [-0.05, 0) is 24.8 Å². The number of nitrogens with zero attached hydrogens (tertiary/aromatic N) is 3. The first kappa shape index (κ1) is 7.16. The van der Waals surface area contributed by atoms with E-state index in [2.05, 4.69) is 22.2 Å². The zero-order valence-electron chi connectivity index (χ0n) is 5.82. The van der Waals surface area contributed by atoms with Crippen LogP contribution < -0.4 is 0 Å². The molecule has 0 N–H and O–H groups in total. The lowest BCUT2D eigenvalue weighted by molar-refractivity contribution is 0.730. The lowest BCUT2D eigenvalue weighted by Crippen LogP contribution is -2.00. The van der Waals surface area contributed by atoms with Gasteiger partial charge >= 0.3 is 0 Å². The van der Waals surface area contributed by atoms with Crippen molar-refractivity contribution in [2.75, 3.05) is 6.54 Å². The number of hydrogen-bond donors (Lipinski definition) is 0. The monoisotopic (exact) mass is 136 g/mol. The molecule has 0 saturated heterocycles. The Morgan fingerprint density at radius 2 is 2.60 bits per heavy atom. The summed E-state index contributed by atoms with van der Waals surface area (Å²) in [4.78, 5) is 2.70. The van der Waals surface area contributed by atoms with Crippen LogP contribution in [-0.2, 0) is 0 Å². The number of rotatable bonds is 2. The van der Waals surface area contributed by atoms with E-state index in [0.717, 1.165) is 6.42 Å². The molecule has 0 spiro atoms. The van der Waals surface area contributed by atoms with Gasteiger partial charge in [0.2, 0.25) is 0 Å². The molecule has 0 unspecified atom stereocenters. The Hall–Kier alpha value is -0.950. The van der Waals surface area contributed by atoms with Gasteiger partial charge < -0.3 is 0 Å². The molecule has 0 aromatic rings. The van der Waals surface area contributed by atoms with E-state index < -0.39 is 0 Å². The van der Waals surface area contributed by atoms with Gasteiger partial charge in [-0.1, -0.05) is 17.3 Å². The maximum Gasteiger partial charge on any atom is 0.0357 e. The maximum atomic E-state index is 8.02. The van der Waals surface area contributed by atoms with Crippen LogP contribution in [0.15, 0.2) is 17.3 Å². The molecule has 1 rings (SSSR count). The van der Waals surface area contributed by atoms with Crippen LogP contribution in [0, 0.1) is 5.92 Å². The van der Waals surface area contributed by atoms with E-state index in [9.17, 15) is 0 Å². The van der Waals surface area contributed by atoms with E-state index in [0.29, 0.717) is 6.54 Å². The third kappa shape index (κ3) is 2.11. The highest BCUT2D eigenvalue weighted by molar-refractivity contribution is 5.14. The molecule has 0 heterocycles. The van der Waals surface area contributed by atoms with Gasteiger partial charge in [-0.15, -0.1) is 0 Å². The molecular formula is C7H10N3. The summed E-state index contributed by atoms with van der Waals surface area (Å²) in [5, 5.41) is 3.49. The standard InChI is InChI=1S/C7H10N3/c8-10-9-6-7-4-2-1-3-5-7/h2,4H,1,3,5-6H2. The molecule has 0 amide bonds. The minimum absolute atomic E-state index is 0.549. The SMILES string of the molecule is [N-]=[N+]=NC[C]1C=CCCC1. The minimum Gasteiger partial charge on any atom is -0.0930 e. The van der Waals surface area contributed by atoms with E-state index in [1.807, 2.05) is 0 Å². The average molecular weight is 136 g/mol. The molecule has 0 fully saturated rings. The third-order valence-corrected chi connectivity index (χ3v) is 1.56. The van der Waals surface area contributed by atoms with Crippen LogP contribution in [0.2, 0.25) is 0 Å². The Balaban J connectivity index is 2.32. The minimum atomic E-state index is 0.549. The van der Waals surface area contributed by atoms with Crippen molar-refractivity contribution in [1.82, 2.24) is 0 Å². The molecule has 10 heavy (non-hydrogen) atoms. The van der Waals surface area contributed by atoms with Gasteiger partial charge in [0.05, 0.1) is 0 Å². The predicted molar refractivity (Wildman–Crippen MR) is 40.2 cm³/mol. The van der Waals surface area contributed by atoms with Crippen LogP contribution in [0.1, 0.15) is 19.3 Å². The van der Waals surface area contributed by atoms with Crippen LogP contribution in [0.25, 0.3) is 10.4 Å². The molecule has 0 saturated carbocycles. The molecule has 3 heteroatoms. The van der Waals surface area contributed by atoms with Crippen molar-refractivity contribution >= 4 is 0 Å². The van der Waals surface area contributed by atoms with Gasteiger partial charge in [0.1, 0.15) is 0 Å².